The SMILES string of the molecule is Cc1cc(C)cc(N)c1.O=C1CC[C@H](NC(=O)Oc2ccc(N(CCCl)CCCl)cc2)C(=O)O1. The van der Waals surface area contributed by atoms with Gasteiger partial charge in [0.05, 0.1) is 0 Å². The predicted octanol–water partition coefficient (Wildman–Crippen LogP) is 4.18. The highest BCUT2D eigenvalue weighted by Crippen LogP contribution is 2.20. The van der Waals surface area contributed by atoms with Crippen molar-refractivity contribution in [3.05, 3.63) is 53.6 Å². The number of rotatable bonds is 7. The number of halogens is 2. The highest BCUT2D eigenvalue weighted by molar-refractivity contribution is 6.18. The van der Waals surface area contributed by atoms with E-state index in [1.165, 1.54) is 11.1 Å². The number of carbonyl (C=O) groups excluding carboxylic acids is 3. The molecule has 1 aliphatic heterocycles. The van der Waals surface area contributed by atoms with Crippen LogP contribution in [0.3, 0.4) is 0 Å². The van der Waals surface area contributed by atoms with E-state index in [2.05, 4.69) is 16.1 Å². The van der Waals surface area contributed by atoms with E-state index in [1.807, 2.05) is 30.9 Å². The van der Waals surface area contributed by atoms with Gasteiger partial charge in [-0.3, -0.25) is 4.79 Å². The first-order chi connectivity index (χ1) is 16.2. The molecule has 1 aliphatic rings. The van der Waals surface area contributed by atoms with Crippen LogP contribution in [0.4, 0.5) is 16.2 Å². The molecule has 184 valence electrons. The molecular formula is C24H29Cl2N3O5. The van der Waals surface area contributed by atoms with Crippen LogP contribution in [0, 0.1) is 13.8 Å². The fraction of sp³-hybridized carbons (Fsp3) is 0.375. The van der Waals surface area contributed by atoms with Crippen LogP contribution in [0.5, 0.6) is 5.75 Å². The highest BCUT2D eigenvalue weighted by atomic mass is 35.5. The van der Waals surface area contributed by atoms with Crippen molar-refractivity contribution in [2.75, 3.05) is 35.5 Å². The molecular weight excluding hydrogens is 481 g/mol. The van der Waals surface area contributed by atoms with E-state index in [9.17, 15) is 14.4 Å². The number of aryl methyl sites for hydroxylation is 2. The van der Waals surface area contributed by atoms with Crippen LogP contribution >= 0.6 is 23.2 Å². The van der Waals surface area contributed by atoms with Gasteiger partial charge < -0.3 is 25.4 Å². The molecule has 34 heavy (non-hydrogen) atoms. The second-order valence-corrected chi connectivity index (χ2v) is 8.45. The summed E-state index contributed by atoms with van der Waals surface area (Å²) < 4.78 is 9.60. The zero-order valence-electron chi connectivity index (χ0n) is 19.2. The van der Waals surface area contributed by atoms with Gasteiger partial charge in [-0.05, 0) is 67.8 Å². The van der Waals surface area contributed by atoms with Gasteiger partial charge in [0.15, 0.2) is 0 Å². The molecule has 1 atom stereocenters. The molecule has 1 fully saturated rings. The number of ether oxygens (including phenoxy) is 2. The minimum atomic E-state index is -0.882. The Kier molecular flexibility index (Phi) is 11.0. The normalized spacial score (nSPS) is 15.0. The minimum absolute atomic E-state index is 0.0718. The third kappa shape index (κ3) is 9.11. The largest absolute Gasteiger partial charge is 0.413 e. The van der Waals surface area contributed by atoms with Crippen LogP contribution < -0.4 is 20.7 Å². The number of cyclic esters (lactones) is 2. The summed E-state index contributed by atoms with van der Waals surface area (Å²) in [6.45, 7) is 5.39. The van der Waals surface area contributed by atoms with Crippen molar-refractivity contribution in [1.82, 2.24) is 5.32 Å². The second kappa shape index (κ2) is 13.7. The average Bonchev–Trinajstić information content (AvgIpc) is 2.76. The lowest BCUT2D eigenvalue weighted by Crippen LogP contribution is -2.46. The quantitative estimate of drug-likeness (QED) is 0.249. The number of benzene rings is 2. The molecule has 1 amide bonds. The number of hydrogen-bond donors (Lipinski definition) is 2. The summed E-state index contributed by atoms with van der Waals surface area (Å²) in [5, 5.41) is 2.38. The Morgan fingerprint density at radius 3 is 2.18 bits per heavy atom. The number of nitrogen functional groups attached to an aromatic ring is 1. The fourth-order valence-electron chi connectivity index (χ4n) is 3.33. The maximum absolute atomic E-state index is 11.9. The molecule has 0 saturated carbocycles. The lowest BCUT2D eigenvalue weighted by Gasteiger charge is -2.23. The van der Waals surface area contributed by atoms with Crippen molar-refractivity contribution in [3.63, 3.8) is 0 Å². The van der Waals surface area contributed by atoms with Crippen LogP contribution in [0.2, 0.25) is 0 Å². The molecule has 0 bridgehead atoms. The zero-order valence-corrected chi connectivity index (χ0v) is 20.7. The number of alkyl halides is 2. The number of carbonyl (C=O) groups is 3. The van der Waals surface area contributed by atoms with E-state index in [4.69, 9.17) is 33.7 Å². The topological polar surface area (TPSA) is 111 Å². The number of nitrogens with zero attached hydrogens (tertiary/aromatic N) is 1. The third-order valence-electron chi connectivity index (χ3n) is 4.79. The smallest absolute Gasteiger partial charge is 0.410 e. The Morgan fingerprint density at radius 2 is 1.68 bits per heavy atom. The Hall–Kier alpha value is -2.97. The van der Waals surface area contributed by atoms with Crippen molar-refractivity contribution in [2.45, 2.75) is 32.7 Å². The number of nitrogens with one attached hydrogen (secondary N) is 1. The van der Waals surface area contributed by atoms with Crippen molar-refractivity contribution in [3.8, 4) is 5.75 Å². The number of esters is 2. The van der Waals surface area contributed by atoms with E-state index in [0.29, 0.717) is 30.6 Å². The standard InChI is InChI=1S/C16H18Cl2N2O5.C8H11N/c17-7-9-20(10-8-18)11-1-3-12(4-2-11)24-16(23)19-13-5-6-14(21)25-15(13)22;1-6-3-7(2)5-8(9)4-6/h1-4,13H,5-10H2,(H,19,23);3-5H,9H2,1-2H3/t13-;/m0./s1. The second-order valence-electron chi connectivity index (χ2n) is 7.70. The summed E-state index contributed by atoms with van der Waals surface area (Å²) in [6, 6.07) is 12.0. The van der Waals surface area contributed by atoms with Crippen LogP contribution in [0.1, 0.15) is 24.0 Å². The van der Waals surface area contributed by atoms with Crippen LogP contribution in [0.25, 0.3) is 0 Å². The summed E-state index contributed by atoms with van der Waals surface area (Å²) in [5.41, 5.74) is 9.78. The van der Waals surface area contributed by atoms with Crippen molar-refractivity contribution < 1.29 is 23.9 Å². The first kappa shape index (κ1) is 27.3. The molecule has 2 aromatic rings. The lowest BCUT2D eigenvalue weighted by molar-refractivity contribution is -0.165. The minimum Gasteiger partial charge on any atom is -0.410 e. The predicted molar refractivity (Wildman–Crippen MR) is 134 cm³/mol. The summed E-state index contributed by atoms with van der Waals surface area (Å²) in [5.74, 6) is -0.111. The number of nitrogens with two attached hydrogens (primary N) is 1. The van der Waals surface area contributed by atoms with E-state index in [1.54, 1.807) is 24.3 Å². The first-order valence-corrected chi connectivity index (χ1v) is 11.8. The number of hydrogen-bond acceptors (Lipinski definition) is 7. The van der Waals surface area contributed by atoms with Gasteiger partial charge >= 0.3 is 18.0 Å². The summed E-state index contributed by atoms with van der Waals surface area (Å²) >= 11 is 11.5. The van der Waals surface area contributed by atoms with E-state index >= 15 is 0 Å². The van der Waals surface area contributed by atoms with E-state index in [-0.39, 0.29) is 12.8 Å². The molecule has 0 aliphatic carbocycles. The lowest BCUT2D eigenvalue weighted by atomic mass is 10.1. The summed E-state index contributed by atoms with van der Waals surface area (Å²) in [6.07, 6.45) is -0.526. The molecule has 0 aromatic heterocycles. The molecule has 2 aromatic carbocycles. The van der Waals surface area contributed by atoms with Crippen molar-refractivity contribution in [1.29, 1.82) is 0 Å². The molecule has 3 rings (SSSR count). The van der Waals surface area contributed by atoms with Gasteiger partial charge in [0, 0.05) is 42.6 Å². The van der Waals surface area contributed by atoms with Crippen molar-refractivity contribution >= 4 is 52.6 Å². The van der Waals surface area contributed by atoms with Gasteiger partial charge in [0.25, 0.3) is 0 Å². The summed E-state index contributed by atoms with van der Waals surface area (Å²) in [4.78, 5) is 36.3. The van der Waals surface area contributed by atoms with Gasteiger partial charge in [0.1, 0.15) is 11.8 Å². The van der Waals surface area contributed by atoms with Crippen LogP contribution in [0.15, 0.2) is 42.5 Å². The Morgan fingerprint density at radius 1 is 1.09 bits per heavy atom. The molecule has 1 heterocycles. The maximum Gasteiger partial charge on any atom is 0.413 e. The Bertz CT molecular complexity index is 929. The number of amides is 1. The van der Waals surface area contributed by atoms with Crippen LogP contribution in [-0.2, 0) is 14.3 Å². The van der Waals surface area contributed by atoms with E-state index < -0.39 is 24.1 Å². The van der Waals surface area contributed by atoms with Gasteiger partial charge in [-0.25, -0.2) is 9.59 Å². The van der Waals surface area contributed by atoms with E-state index in [0.717, 1.165) is 11.4 Å². The van der Waals surface area contributed by atoms with Gasteiger partial charge in [-0.1, -0.05) is 6.07 Å². The molecule has 1 saturated heterocycles. The van der Waals surface area contributed by atoms with Crippen molar-refractivity contribution in [2.24, 2.45) is 0 Å². The van der Waals surface area contributed by atoms with Gasteiger partial charge in [-0.2, -0.15) is 0 Å². The molecule has 10 heteroatoms. The Balaban J connectivity index is 0.000000379. The third-order valence-corrected chi connectivity index (χ3v) is 5.13. The van der Waals surface area contributed by atoms with Gasteiger partial charge in [-0.15, -0.1) is 23.2 Å². The number of anilines is 2. The molecule has 3 N–H and O–H groups in total. The molecule has 8 nitrogen and oxygen atoms in total. The first-order valence-electron chi connectivity index (χ1n) is 10.8. The maximum atomic E-state index is 11.9. The Labute approximate surface area is 209 Å². The molecule has 0 radical (unpaired) electrons. The highest BCUT2D eigenvalue weighted by Gasteiger charge is 2.30. The summed E-state index contributed by atoms with van der Waals surface area (Å²) in [7, 11) is 0. The van der Waals surface area contributed by atoms with Gasteiger partial charge in [0.2, 0.25) is 0 Å². The molecule has 0 unspecified atom stereocenters. The average molecular weight is 510 g/mol. The fourth-order valence-corrected chi connectivity index (χ4v) is 3.74. The molecule has 0 spiro atoms. The van der Waals surface area contributed by atoms with Crippen LogP contribution in [-0.4, -0.2) is 48.9 Å². The monoisotopic (exact) mass is 509 g/mol. The zero-order chi connectivity index (χ0) is 25.1.